The lowest BCUT2D eigenvalue weighted by atomic mass is 10.1. The summed E-state index contributed by atoms with van der Waals surface area (Å²) in [6.07, 6.45) is 3.82. The lowest BCUT2D eigenvalue weighted by Gasteiger charge is -2.30. The molecule has 0 saturated carbocycles. The minimum Gasteiger partial charge on any atom is -0.495 e. The first kappa shape index (κ1) is 23.4. The number of nitrogens with zero attached hydrogens (tertiary/aromatic N) is 5. The molecule has 2 aromatic carbocycles. The van der Waals surface area contributed by atoms with Crippen LogP contribution in [-0.2, 0) is 0 Å². The van der Waals surface area contributed by atoms with Gasteiger partial charge in [-0.2, -0.15) is 0 Å². The Morgan fingerprint density at radius 2 is 1.76 bits per heavy atom. The van der Waals surface area contributed by atoms with Crippen LogP contribution in [-0.4, -0.2) is 46.5 Å². The minimum absolute atomic E-state index is 0.528. The van der Waals surface area contributed by atoms with Crippen molar-refractivity contribution in [3.05, 3.63) is 73.1 Å². The second-order valence-corrected chi connectivity index (χ2v) is 10.00. The molecule has 0 amide bonds. The fourth-order valence-electron chi connectivity index (χ4n) is 4.53. The molecule has 1 fully saturated rings. The Bertz CT molecular complexity index is 1560. The smallest absolute Gasteiger partial charge is 0.161 e. The molecule has 0 atom stereocenters. The quantitative estimate of drug-likeness (QED) is 0.280. The van der Waals surface area contributed by atoms with Gasteiger partial charge in [0.05, 0.1) is 18.8 Å². The summed E-state index contributed by atoms with van der Waals surface area (Å²) in [5, 5.41) is 14.5. The maximum atomic E-state index is 13.7. The molecule has 4 heterocycles. The van der Waals surface area contributed by atoms with Crippen LogP contribution in [0.25, 0.3) is 21.8 Å². The van der Waals surface area contributed by atoms with E-state index in [0.29, 0.717) is 37.5 Å². The van der Waals surface area contributed by atoms with Crippen LogP contribution in [0, 0.1) is 0 Å². The van der Waals surface area contributed by atoms with Gasteiger partial charge in [0, 0.05) is 51.6 Å². The Kier molecular flexibility index (Phi) is 6.44. The van der Waals surface area contributed by atoms with E-state index in [9.17, 15) is 4.39 Å². The van der Waals surface area contributed by atoms with E-state index in [4.69, 9.17) is 4.74 Å². The number of methoxy groups -OCH3 is 1. The van der Waals surface area contributed by atoms with Gasteiger partial charge in [-0.1, -0.05) is 36.0 Å². The molecule has 3 aromatic heterocycles. The molecule has 5 aromatic rings. The highest BCUT2D eigenvalue weighted by atomic mass is 32.2. The van der Waals surface area contributed by atoms with Crippen LogP contribution in [0.1, 0.15) is 12.8 Å². The van der Waals surface area contributed by atoms with Crippen LogP contribution < -0.4 is 15.0 Å². The van der Waals surface area contributed by atoms with Crippen LogP contribution in [0.15, 0.2) is 82.8 Å². The number of hydrogen-bond donors (Lipinski definition) is 1. The van der Waals surface area contributed by atoms with Gasteiger partial charge in [-0.15, -0.1) is 10.2 Å². The van der Waals surface area contributed by atoms with E-state index in [-0.39, 0.29) is 0 Å². The van der Waals surface area contributed by atoms with Gasteiger partial charge in [0.15, 0.2) is 11.6 Å². The van der Waals surface area contributed by atoms with E-state index in [0.717, 1.165) is 43.1 Å². The van der Waals surface area contributed by atoms with Gasteiger partial charge < -0.3 is 15.0 Å². The molecule has 186 valence electrons. The van der Waals surface area contributed by atoms with Gasteiger partial charge in [0.2, 0.25) is 0 Å². The summed E-state index contributed by atoms with van der Waals surface area (Å²) in [5.74, 6) is 2.19. The second kappa shape index (κ2) is 10.2. The zero-order valence-electron chi connectivity index (χ0n) is 20.3. The lowest BCUT2D eigenvalue weighted by Crippen LogP contribution is -2.35. The molecule has 1 aliphatic rings. The number of benzene rings is 2. The fourth-order valence-corrected chi connectivity index (χ4v) is 5.44. The number of halogens is 1. The predicted molar refractivity (Wildman–Crippen MR) is 146 cm³/mol. The predicted octanol–water partition coefficient (Wildman–Crippen LogP) is 6.41. The number of alkyl halides is 1. The van der Waals surface area contributed by atoms with Crippen LogP contribution in [0.4, 0.5) is 21.7 Å². The molecular formula is C28H25FN6OS. The molecule has 7 nitrogen and oxygen atoms in total. The Balaban J connectivity index is 1.22. The maximum Gasteiger partial charge on any atom is 0.161 e. The van der Waals surface area contributed by atoms with Crippen LogP contribution >= 0.6 is 11.8 Å². The first-order valence-electron chi connectivity index (χ1n) is 12.2. The third-order valence-corrected chi connectivity index (χ3v) is 7.55. The molecule has 9 heteroatoms. The Labute approximate surface area is 218 Å². The Morgan fingerprint density at radius 3 is 2.54 bits per heavy atom. The van der Waals surface area contributed by atoms with Gasteiger partial charge in [-0.05, 0) is 43.2 Å². The molecule has 0 unspecified atom stereocenters. The van der Waals surface area contributed by atoms with Crippen molar-refractivity contribution in [3.63, 3.8) is 0 Å². The number of anilines is 3. The first-order chi connectivity index (χ1) is 18.2. The van der Waals surface area contributed by atoms with E-state index in [2.05, 4.69) is 48.6 Å². The van der Waals surface area contributed by atoms with Gasteiger partial charge in [0.1, 0.15) is 17.4 Å². The zero-order chi connectivity index (χ0) is 25.2. The van der Waals surface area contributed by atoms with Crippen molar-refractivity contribution in [3.8, 4) is 5.75 Å². The van der Waals surface area contributed by atoms with Gasteiger partial charge >= 0.3 is 0 Å². The average molecular weight is 513 g/mol. The summed E-state index contributed by atoms with van der Waals surface area (Å²) in [6, 6.07) is 20.1. The summed E-state index contributed by atoms with van der Waals surface area (Å²) >= 11 is 1.63. The van der Waals surface area contributed by atoms with Crippen molar-refractivity contribution in [1.29, 1.82) is 0 Å². The van der Waals surface area contributed by atoms with E-state index >= 15 is 0 Å². The zero-order valence-corrected chi connectivity index (χ0v) is 21.1. The molecule has 37 heavy (non-hydrogen) atoms. The number of fused-ring (bicyclic) bond motifs is 2. The van der Waals surface area contributed by atoms with Crippen LogP contribution in [0.5, 0.6) is 5.75 Å². The van der Waals surface area contributed by atoms with E-state index in [1.165, 1.54) is 0 Å². The van der Waals surface area contributed by atoms with Crippen molar-refractivity contribution in [2.45, 2.75) is 28.8 Å². The summed E-state index contributed by atoms with van der Waals surface area (Å²) in [6.45, 7) is 1.31. The lowest BCUT2D eigenvalue weighted by molar-refractivity contribution is 0.277. The molecule has 1 saturated heterocycles. The van der Waals surface area contributed by atoms with Gasteiger partial charge in [-0.3, -0.25) is 4.98 Å². The molecule has 1 N–H and O–H groups in total. The number of pyridine rings is 2. The molecule has 6 rings (SSSR count). The Hall–Kier alpha value is -3.98. The first-order valence-corrected chi connectivity index (χ1v) is 13.0. The minimum atomic E-state index is -0.727. The Morgan fingerprint density at radius 1 is 0.973 bits per heavy atom. The van der Waals surface area contributed by atoms with Crippen molar-refractivity contribution in [2.75, 3.05) is 30.4 Å². The summed E-state index contributed by atoms with van der Waals surface area (Å²) < 4.78 is 18.9. The topological polar surface area (TPSA) is 76.1 Å². The number of piperidine rings is 1. The number of hydrogen-bond acceptors (Lipinski definition) is 8. The number of aromatic nitrogens is 4. The third kappa shape index (κ3) is 4.86. The molecule has 0 bridgehead atoms. The second-order valence-electron chi connectivity index (χ2n) is 8.88. The highest BCUT2D eigenvalue weighted by Crippen LogP contribution is 2.35. The average Bonchev–Trinajstić information content (AvgIpc) is 2.95. The van der Waals surface area contributed by atoms with Crippen molar-refractivity contribution in [2.24, 2.45) is 0 Å². The van der Waals surface area contributed by atoms with Gasteiger partial charge in [0.25, 0.3) is 0 Å². The molecular weight excluding hydrogens is 487 g/mol. The third-order valence-electron chi connectivity index (χ3n) is 6.49. The number of ether oxygens (including phenoxy) is 1. The van der Waals surface area contributed by atoms with E-state index in [1.807, 2.05) is 42.5 Å². The van der Waals surface area contributed by atoms with Gasteiger partial charge in [-0.25, -0.2) is 9.37 Å². The summed E-state index contributed by atoms with van der Waals surface area (Å²) in [4.78, 5) is 13.2. The summed E-state index contributed by atoms with van der Waals surface area (Å²) in [7, 11) is 1.62. The van der Waals surface area contributed by atoms with Crippen LogP contribution in [0.3, 0.4) is 0 Å². The fraction of sp³-hybridized carbons (Fsp3) is 0.214. The van der Waals surface area contributed by atoms with E-state index in [1.54, 1.807) is 31.3 Å². The standard InChI is InChI=1S/C28H25FN6OS/c1-36-20-16-24-26(31-17-20)25(10-13-30-24)37-21-8-6-19(7-9-21)32-27-22-4-2-3-5-23(22)28(34-33-27)35-14-11-18(29)12-15-35/h2-10,13,16-18H,11-12,14-15H2,1H3,(H,32,33). The maximum absolute atomic E-state index is 13.7. The largest absolute Gasteiger partial charge is 0.495 e. The molecule has 1 aliphatic heterocycles. The van der Waals surface area contributed by atoms with Crippen molar-refractivity contribution >= 4 is 50.9 Å². The number of nitrogens with one attached hydrogen (secondary N) is 1. The van der Waals surface area contributed by atoms with Crippen molar-refractivity contribution < 1.29 is 9.13 Å². The highest BCUT2D eigenvalue weighted by Gasteiger charge is 2.22. The van der Waals surface area contributed by atoms with E-state index < -0.39 is 6.17 Å². The molecule has 0 radical (unpaired) electrons. The number of rotatable bonds is 6. The summed E-state index contributed by atoms with van der Waals surface area (Å²) in [5.41, 5.74) is 2.55. The molecule has 0 spiro atoms. The highest BCUT2D eigenvalue weighted by molar-refractivity contribution is 7.99. The van der Waals surface area contributed by atoms with Crippen molar-refractivity contribution in [1.82, 2.24) is 20.2 Å². The monoisotopic (exact) mass is 512 g/mol. The normalized spacial score (nSPS) is 14.3. The van der Waals surface area contributed by atoms with Crippen LogP contribution in [0.2, 0.25) is 0 Å². The SMILES string of the molecule is COc1cnc2c(Sc3ccc(Nc4nnc(N5CCC(F)CC5)c5ccccc45)cc3)ccnc2c1. The molecule has 0 aliphatic carbocycles.